The van der Waals surface area contributed by atoms with Crippen LogP contribution in [-0.4, -0.2) is 52.9 Å². The van der Waals surface area contributed by atoms with Crippen molar-refractivity contribution in [2.45, 2.75) is 88.7 Å². The van der Waals surface area contributed by atoms with Gasteiger partial charge in [0.1, 0.15) is 11.6 Å². The van der Waals surface area contributed by atoms with Gasteiger partial charge in [-0.15, -0.1) is 0 Å². The minimum atomic E-state index is -4.55. The number of esters is 1. The summed E-state index contributed by atoms with van der Waals surface area (Å²) in [6.45, 7) is 4.92. The Balaban J connectivity index is 2.38. The Hall–Kier alpha value is -2.53. The van der Waals surface area contributed by atoms with Crippen LogP contribution in [0.4, 0.5) is 5.69 Å². The van der Waals surface area contributed by atoms with E-state index in [9.17, 15) is 33.2 Å². The zero-order chi connectivity index (χ0) is 25.5. The summed E-state index contributed by atoms with van der Waals surface area (Å²) in [6, 6.07) is 3.31. The number of para-hydroxylation sites is 1. The first kappa shape index (κ1) is 27.7. The summed E-state index contributed by atoms with van der Waals surface area (Å²) in [6.07, 6.45) is 4.85. The Morgan fingerprint density at radius 3 is 2.38 bits per heavy atom. The Bertz CT molecular complexity index is 981. The van der Waals surface area contributed by atoms with Crippen LogP contribution in [0.25, 0.3) is 0 Å². The molecule has 0 aliphatic heterocycles. The molecule has 0 amide bonds. The second-order valence-corrected chi connectivity index (χ2v) is 11.5. The Labute approximate surface area is 200 Å². The van der Waals surface area contributed by atoms with Crippen molar-refractivity contribution in [1.29, 1.82) is 0 Å². The van der Waals surface area contributed by atoms with Gasteiger partial charge in [-0.3, -0.25) is 19.7 Å². The fourth-order valence-corrected chi connectivity index (χ4v) is 6.01. The Morgan fingerprint density at radius 1 is 1.21 bits per heavy atom. The first-order valence-electron chi connectivity index (χ1n) is 11.5. The molecule has 2 rings (SSSR count). The molecule has 0 bridgehead atoms. The summed E-state index contributed by atoms with van der Waals surface area (Å²) in [5, 5.41) is 21.4. The van der Waals surface area contributed by atoms with Gasteiger partial charge in [-0.2, -0.15) is 4.31 Å². The number of sulfonamides is 1. The van der Waals surface area contributed by atoms with Crippen molar-refractivity contribution in [3.8, 4) is 0 Å². The molecule has 0 aromatic heterocycles. The van der Waals surface area contributed by atoms with E-state index >= 15 is 0 Å². The molecule has 0 heterocycles. The van der Waals surface area contributed by atoms with E-state index in [1.807, 2.05) is 0 Å². The third-order valence-electron chi connectivity index (χ3n) is 5.81. The second kappa shape index (κ2) is 11.7. The predicted octanol–water partition coefficient (Wildman–Crippen LogP) is 4.13. The molecular formula is C23H34N2O8S. The maximum Gasteiger partial charge on any atom is 0.322 e. The molecular weight excluding hydrogens is 464 g/mol. The molecule has 0 saturated heterocycles. The molecule has 0 unspecified atom stereocenters. The van der Waals surface area contributed by atoms with E-state index in [0.717, 1.165) is 48.5 Å². The fourth-order valence-electron chi connectivity index (χ4n) is 4.22. The summed E-state index contributed by atoms with van der Waals surface area (Å²) >= 11 is 0. The van der Waals surface area contributed by atoms with Crippen LogP contribution >= 0.6 is 0 Å². The van der Waals surface area contributed by atoms with Gasteiger partial charge in [0.2, 0.25) is 0 Å². The van der Waals surface area contributed by atoms with Crippen LogP contribution in [0.3, 0.4) is 0 Å². The number of hydrogen-bond donors (Lipinski definition) is 1. The average Bonchev–Trinajstić information content (AvgIpc) is 2.75. The molecule has 0 spiro atoms. The molecule has 34 heavy (non-hydrogen) atoms. The molecule has 11 heteroatoms. The highest BCUT2D eigenvalue weighted by atomic mass is 32.2. The van der Waals surface area contributed by atoms with Crippen molar-refractivity contribution in [3.05, 3.63) is 34.4 Å². The molecule has 1 aromatic rings. The molecule has 1 aliphatic carbocycles. The zero-order valence-electron chi connectivity index (χ0n) is 19.9. The highest BCUT2D eigenvalue weighted by Gasteiger charge is 2.39. The number of aliphatic carboxylic acids is 1. The lowest BCUT2D eigenvalue weighted by atomic mass is 9.87. The summed E-state index contributed by atoms with van der Waals surface area (Å²) < 4.78 is 33.2. The quantitative estimate of drug-likeness (QED) is 0.272. The number of carbonyl (C=O) groups is 2. The van der Waals surface area contributed by atoms with E-state index in [1.165, 1.54) is 12.1 Å². The van der Waals surface area contributed by atoms with Gasteiger partial charge in [-0.1, -0.05) is 44.2 Å². The normalized spacial score (nSPS) is 16.2. The van der Waals surface area contributed by atoms with Gasteiger partial charge in [0.25, 0.3) is 15.7 Å². The smallest absolute Gasteiger partial charge is 0.322 e. The number of hydrogen-bond acceptors (Lipinski definition) is 7. The minimum Gasteiger partial charge on any atom is -0.480 e. The van der Waals surface area contributed by atoms with E-state index in [2.05, 4.69) is 0 Å². The van der Waals surface area contributed by atoms with E-state index in [1.54, 1.807) is 20.8 Å². The summed E-state index contributed by atoms with van der Waals surface area (Å²) in [5.74, 6) is -1.82. The number of benzene rings is 1. The van der Waals surface area contributed by atoms with Crippen molar-refractivity contribution in [2.75, 3.05) is 6.54 Å². The van der Waals surface area contributed by atoms with Crippen molar-refractivity contribution in [1.82, 2.24) is 4.31 Å². The van der Waals surface area contributed by atoms with Gasteiger partial charge in [0.05, 0.1) is 4.92 Å². The number of carboxylic acid groups (broad SMARTS) is 1. The van der Waals surface area contributed by atoms with Gasteiger partial charge in [-0.25, -0.2) is 8.42 Å². The van der Waals surface area contributed by atoms with Gasteiger partial charge in [0.15, 0.2) is 4.90 Å². The lowest BCUT2D eigenvalue weighted by Crippen LogP contribution is -2.46. The summed E-state index contributed by atoms with van der Waals surface area (Å²) in [4.78, 5) is 34.5. The number of carboxylic acids is 1. The lowest BCUT2D eigenvalue weighted by Gasteiger charge is -2.30. The highest BCUT2D eigenvalue weighted by Crippen LogP contribution is 2.31. The van der Waals surface area contributed by atoms with Crippen LogP contribution in [0.15, 0.2) is 29.2 Å². The molecule has 1 N–H and O–H groups in total. The standard InChI is InChI=1S/C23H34N2O8S/c1-23(2,3)33-21(26)14-13-19(22(27)28)24(16-15-17-9-5-4-6-10-17)34(31,32)20-12-8-7-11-18(20)25(29)30/h7-8,11-12,17,19H,4-6,9-10,13-16H2,1-3H3,(H,27,28)/t19-/m0/s1. The van der Waals surface area contributed by atoms with Gasteiger partial charge in [0, 0.05) is 19.0 Å². The van der Waals surface area contributed by atoms with E-state index in [0.29, 0.717) is 6.42 Å². The maximum absolute atomic E-state index is 13.6. The lowest BCUT2D eigenvalue weighted by molar-refractivity contribution is -0.387. The first-order chi connectivity index (χ1) is 15.8. The first-order valence-corrected chi connectivity index (χ1v) is 13.0. The molecule has 190 valence electrons. The zero-order valence-corrected chi connectivity index (χ0v) is 20.8. The van der Waals surface area contributed by atoms with Crippen LogP contribution in [0.5, 0.6) is 0 Å². The molecule has 0 radical (unpaired) electrons. The summed E-state index contributed by atoms with van der Waals surface area (Å²) in [7, 11) is -4.55. The molecule has 10 nitrogen and oxygen atoms in total. The van der Waals surface area contributed by atoms with Crippen molar-refractivity contribution in [2.24, 2.45) is 5.92 Å². The van der Waals surface area contributed by atoms with Crippen LogP contribution in [0.1, 0.15) is 72.1 Å². The van der Waals surface area contributed by atoms with E-state index < -0.39 is 49.1 Å². The minimum absolute atomic E-state index is 0.107. The molecule has 1 atom stereocenters. The monoisotopic (exact) mass is 498 g/mol. The van der Waals surface area contributed by atoms with E-state index in [4.69, 9.17) is 4.74 Å². The maximum atomic E-state index is 13.6. The van der Waals surface area contributed by atoms with Crippen molar-refractivity contribution in [3.63, 3.8) is 0 Å². The van der Waals surface area contributed by atoms with Crippen LogP contribution in [-0.2, 0) is 24.3 Å². The third kappa shape index (κ3) is 7.76. The fraction of sp³-hybridized carbons (Fsp3) is 0.652. The molecule has 1 saturated carbocycles. The third-order valence-corrected chi connectivity index (χ3v) is 7.76. The second-order valence-electron chi connectivity index (χ2n) is 9.61. The SMILES string of the molecule is CC(C)(C)OC(=O)CC[C@@H](C(=O)O)N(CCC1CCCCC1)S(=O)(=O)c1ccccc1[N+](=O)[O-]. The van der Waals surface area contributed by atoms with Crippen LogP contribution in [0.2, 0.25) is 0 Å². The van der Waals surface area contributed by atoms with Crippen molar-refractivity contribution < 1.29 is 32.8 Å². The Morgan fingerprint density at radius 2 is 1.82 bits per heavy atom. The Kier molecular flexibility index (Phi) is 9.57. The van der Waals surface area contributed by atoms with Crippen molar-refractivity contribution >= 4 is 27.6 Å². The molecule has 1 fully saturated rings. The van der Waals surface area contributed by atoms with Gasteiger partial charge < -0.3 is 9.84 Å². The molecule has 1 aromatic carbocycles. The largest absolute Gasteiger partial charge is 0.480 e. The number of nitro benzene ring substituents is 1. The summed E-state index contributed by atoms with van der Waals surface area (Å²) in [5.41, 5.74) is -1.39. The van der Waals surface area contributed by atoms with E-state index in [-0.39, 0.29) is 25.3 Å². The number of rotatable bonds is 11. The van der Waals surface area contributed by atoms with Crippen LogP contribution < -0.4 is 0 Å². The van der Waals surface area contributed by atoms with Gasteiger partial charge in [-0.05, 0) is 45.6 Å². The number of ether oxygens (including phenoxy) is 1. The average molecular weight is 499 g/mol. The number of nitrogens with zero attached hydrogens (tertiary/aromatic N) is 2. The number of carbonyl (C=O) groups excluding carboxylic acids is 1. The highest BCUT2D eigenvalue weighted by molar-refractivity contribution is 7.89. The predicted molar refractivity (Wildman–Crippen MR) is 125 cm³/mol. The molecule has 1 aliphatic rings. The topological polar surface area (TPSA) is 144 Å². The van der Waals surface area contributed by atoms with Gasteiger partial charge >= 0.3 is 11.9 Å². The van der Waals surface area contributed by atoms with Crippen LogP contribution in [0, 0.1) is 16.0 Å². The number of nitro groups is 1.